The van der Waals surface area contributed by atoms with E-state index in [0.29, 0.717) is 24.0 Å². The van der Waals surface area contributed by atoms with Crippen LogP contribution in [0.2, 0.25) is 0 Å². The Morgan fingerprint density at radius 2 is 1.93 bits per heavy atom. The number of hydrogen-bond acceptors (Lipinski definition) is 3. The van der Waals surface area contributed by atoms with Crippen molar-refractivity contribution in [2.75, 3.05) is 6.61 Å². The molecule has 0 aromatic heterocycles. The third kappa shape index (κ3) is 4.56. The monoisotopic (exact) mass is 410 g/mol. The molecule has 164 valence electrons. The van der Waals surface area contributed by atoms with Gasteiger partial charge in [-0.15, -0.1) is 0 Å². The van der Waals surface area contributed by atoms with Crippen molar-refractivity contribution in [3.63, 3.8) is 0 Å². The van der Waals surface area contributed by atoms with E-state index in [2.05, 4.69) is 34.3 Å². The van der Waals surface area contributed by atoms with Gasteiger partial charge in [-0.2, -0.15) is 0 Å². The summed E-state index contributed by atoms with van der Waals surface area (Å²) in [5, 5.41) is 10.6. The molecule has 3 nitrogen and oxygen atoms in total. The maximum atomic E-state index is 12.1. The highest BCUT2D eigenvalue weighted by atomic mass is 16.5. The first-order valence-corrected chi connectivity index (χ1v) is 11.4. The van der Waals surface area contributed by atoms with E-state index in [1.807, 2.05) is 24.3 Å². The number of aliphatic hydroxyl groups excluding tert-OH is 1. The fourth-order valence-electron chi connectivity index (χ4n) is 6.09. The van der Waals surface area contributed by atoms with E-state index in [1.54, 1.807) is 12.1 Å². The normalized spacial score (nSPS) is 31.2. The number of hydrogen-bond donors (Lipinski definition) is 1. The Labute approximate surface area is 182 Å². The van der Waals surface area contributed by atoms with Gasteiger partial charge in [0.2, 0.25) is 0 Å². The van der Waals surface area contributed by atoms with Crippen molar-refractivity contribution in [1.29, 1.82) is 0 Å². The molecule has 3 rings (SSSR count). The van der Waals surface area contributed by atoms with Crippen LogP contribution in [0.5, 0.6) is 0 Å². The fourth-order valence-corrected chi connectivity index (χ4v) is 6.09. The first-order valence-electron chi connectivity index (χ1n) is 11.4. The van der Waals surface area contributed by atoms with Gasteiger partial charge in [-0.25, -0.2) is 4.79 Å². The van der Waals surface area contributed by atoms with Crippen molar-refractivity contribution in [1.82, 2.24) is 0 Å². The summed E-state index contributed by atoms with van der Waals surface area (Å²) in [4.78, 5) is 12.1. The minimum atomic E-state index is -0.279. The Morgan fingerprint density at radius 1 is 1.23 bits per heavy atom. The standard InChI is InChI=1S/C27H38O3/c1-19(16-18-30-25(29)21-9-7-6-8-10-21)11-13-22-20(2)12-14-23-26(3,4)24(28)15-17-27(22,23)5/h6-10,16,22-24,28H,2,11-15,17-18H2,1,3-5H3/b19-16+/t22-,23+,24+,27-/m1/s1. The highest BCUT2D eigenvalue weighted by Gasteiger charge is 2.55. The predicted molar refractivity (Wildman–Crippen MR) is 122 cm³/mol. The number of rotatable bonds is 6. The summed E-state index contributed by atoms with van der Waals surface area (Å²) in [6.45, 7) is 13.8. The summed E-state index contributed by atoms with van der Waals surface area (Å²) in [5.74, 6) is 0.734. The molecule has 0 radical (unpaired) electrons. The van der Waals surface area contributed by atoms with E-state index in [9.17, 15) is 9.90 Å². The van der Waals surface area contributed by atoms with E-state index < -0.39 is 0 Å². The summed E-state index contributed by atoms with van der Waals surface area (Å²) in [5.41, 5.74) is 3.39. The number of ether oxygens (including phenoxy) is 1. The third-order valence-electron chi connectivity index (χ3n) is 8.04. The van der Waals surface area contributed by atoms with Gasteiger partial charge in [-0.05, 0) is 86.3 Å². The van der Waals surface area contributed by atoms with Gasteiger partial charge in [-0.3, -0.25) is 0 Å². The zero-order valence-electron chi connectivity index (χ0n) is 19.1. The Hall–Kier alpha value is -1.87. The lowest BCUT2D eigenvalue weighted by molar-refractivity contribution is -0.124. The summed E-state index contributed by atoms with van der Waals surface area (Å²) in [6.07, 6.45) is 8.05. The SMILES string of the molecule is C=C1CC[C@H]2C(C)(C)[C@@H](O)CC[C@]2(C)[C@@H]1CC/C(C)=C/COC(=O)c1ccccc1. The van der Waals surface area contributed by atoms with Crippen molar-refractivity contribution in [3.8, 4) is 0 Å². The lowest BCUT2D eigenvalue weighted by Crippen LogP contribution is -2.54. The van der Waals surface area contributed by atoms with Crippen LogP contribution in [0.15, 0.2) is 54.1 Å². The molecule has 2 saturated carbocycles. The summed E-state index contributed by atoms with van der Waals surface area (Å²) in [6, 6.07) is 9.11. The number of carbonyl (C=O) groups excluding carboxylic acids is 1. The van der Waals surface area contributed by atoms with E-state index in [4.69, 9.17) is 4.74 Å². The van der Waals surface area contributed by atoms with Gasteiger partial charge >= 0.3 is 5.97 Å². The molecule has 2 aliphatic carbocycles. The second kappa shape index (κ2) is 9.09. The van der Waals surface area contributed by atoms with E-state index in [0.717, 1.165) is 38.5 Å². The van der Waals surface area contributed by atoms with Crippen LogP contribution in [-0.4, -0.2) is 23.8 Å². The second-order valence-corrected chi connectivity index (χ2v) is 10.2. The molecule has 2 fully saturated rings. The van der Waals surface area contributed by atoms with Crippen molar-refractivity contribution in [2.24, 2.45) is 22.7 Å². The largest absolute Gasteiger partial charge is 0.458 e. The molecule has 0 heterocycles. The molecule has 2 aliphatic rings. The molecule has 0 spiro atoms. The molecule has 30 heavy (non-hydrogen) atoms. The van der Waals surface area contributed by atoms with Crippen molar-refractivity contribution in [2.45, 2.75) is 72.3 Å². The Balaban J connectivity index is 1.59. The summed E-state index contributed by atoms with van der Waals surface area (Å²) >= 11 is 0. The Bertz CT molecular complexity index is 792. The molecule has 0 amide bonds. The van der Waals surface area contributed by atoms with E-state index in [1.165, 1.54) is 11.1 Å². The first-order chi connectivity index (χ1) is 14.2. The Morgan fingerprint density at radius 3 is 2.63 bits per heavy atom. The molecule has 1 aromatic carbocycles. The minimum absolute atomic E-state index is 0.0392. The van der Waals surface area contributed by atoms with Gasteiger partial charge in [0.25, 0.3) is 0 Å². The third-order valence-corrected chi connectivity index (χ3v) is 8.04. The quantitative estimate of drug-likeness (QED) is 0.440. The molecule has 1 N–H and O–H groups in total. The van der Waals surface area contributed by atoms with Crippen molar-refractivity contribution < 1.29 is 14.6 Å². The van der Waals surface area contributed by atoms with Crippen LogP contribution in [0.3, 0.4) is 0 Å². The number of benzene rings is 1. The summed E-state index contributed by atoms with van der Waals surface area (Å²) in [7, 11) is 0. The topological polar surface area (TPSA) is 46.5 Å². The van der Waals surface area contributed by atoms with Crippen LogP contribution in [0.4, 0.5) is 0 Å². The first kappa shape index (κ1) is 22.8. The van der Waals surface area contributed by atoms with Gasteiger partial charge in [-0.1, -0.05) is 56.7 Å². The van der Waals surface area contributed by atoms with Crippen LogP contribution in [0.1, 0.15) is 76.6 Å². The molecule has 0 saturated heterocycles. The summed E-state index contributed by atoms with van der Waals surface area (Å²) < 4.78 is 5.40. The van der Waals surface area contributed by atoms with Gasteiger partial charge in [0.05, 0.1) is 11.7 Å². The number of carbonyl (C=O) groups is 1. The van der Waals surface area contributed by atoms with Crippen LogP contribution < -0.4 is 0 Å². The fraction of sp³-hybridized carbons (Fsp3) is 0.593. The van der Waals surface area contributed by atoms with Crippen molar-refractivity contribution >= 4 is 5.97 Å². The second-order valence-electron chi connectivity index (χ2n) is 10.2. The number of fused-ring (bicyclic) bond motifs is 1. The highest BCUT2D eigenvalue weighted by Crippen LogP contribution is 2.61. The Kier molecular flexibility index (Phi) is 6.91. The maximum absolute atomic E-state index is 12.1. The predicted octanol–water partition coefficient (Wildman–Crippen LogP) is 6.34. The van der Waals surface area contributed by atoms with Gasteiger partial charge < -0.3 is 9.84 Å². The minimum Gasteiger partial charge on any atom is -0.458 e. The molecule has 0 bridgehead atoms. The number of esters is 1. The highest BCUT2D eigenvalue weighted by molar-refractivity contribution is 5.89. The lowest BCUT2D eigenvalue weighted by atomic mass is 9.46. The van der Waals surface area contributed by atoms with Crippen LogP contribution in [0, 0.1) is 22.7 Å². The van der Waals surface area contributed by atoms with Gasteiger partial charge in [0, 0.05) is 0 Å². The molecule has 4 atom stereocenters. The number of allylic oxidation sites excluding steroid dienone is 2. The van der Waals surface area contributed by atoms with Crippen LogP contribution in [0.25, 0.3) is 0 Å². The molecule has 1 aromatic rings. The average Bonchev–Trinajstić information content (AvgIpc) is 2.71. The van der Waals surface area contributed by atoms with Crippen LogP contribution >= 0.6 is 0 Å². The van der Waals surface area contributed by atoms with Gasteiger partial charge in [0.1, 0.15) is 6.61 Å². The maximum Gasteiger partial charge on any atom is 0.338 e. The van der Waals surface area contributed by atoms with Crippen molar-refractivity contribution in [3.05, 3.63) is 59.7 Å². The zero-order chi connectivity index (χ0) is 21.9. The average molecular weight is 411 g/mol. The smallest absolute Gasteiger partial charge is 0.338 e. The van der Waals surface area contributed by atoms with Crippen LogP contribution in [-0.2, 0) is 4.74 Å². The molecular formula is C27H38O3. The van der Waals surface area contributed by atoms with Gasteiger partial charge in [0.15, 0.2) is 0 Å². The van der Waals surface area contributed by atoms with E-state index in [-0.39, 0.29) is 22.9 Å². The molecule has 3 heteroatoms. The molecular weight excluding hydrogens is 372 g/mol. The zero-order valence-corrected chi connectivity index (χ0v) is 19.1. The van der Waals surface area contributed by atoms with E-state index >= 15 is 0 Å². The lowest BCUT2D eigenvalue weighted by Gasteiger charge is -2.59. The molecule has 0 aliphatic heterocycles. The molecule has 0 unspecified atom stereocenters. The number of aliphatic hydroxyl groups is 1.